The van der Waals surface area contributed by atoms with Gasteiger partial charge in [0.15, 0.2) is 0 Å². The highest BCUT2D eigenvalue weighted by Crippen LogP contribution is 2.41. The molecule has 4 nitrogen and oxygen atoms in total. The molecule has 2 saturated heterocycles. The van der Waals surface area contributed by atoms with E-state index >= 15 is 0 Å². The van der Waals surface area contributed by atoms with Gasteiger partial charge < -0.3 is 4.90 Å². The fourth-order valence-electron chi connectivity index (χ4n) is 5.12. The number of nitrogens with zero attached hydrogens (tertiary/aromatic N) is 3. The van der Waals surface area contributed by atoms with Crippen molar-refractivity contribution >= 4 is 5.91 Å². The summed E-state index contributed by atoms with van der Waals surface area (Å²) in [6.07, 6.45) is 9.36. The maximum Gasteiger partial charge on any atom is 0.243 e. The minimum Gasteiger partial charge on any atom is -0.338 e. The Morgan fingerprint density at radius 1 is 1.04 bits per heavy atom. The number of hydrogen-bond donors (Lipinski definition) is 0. The smallest absolute Gasteiger partial charge is 0.243 e. The molecule has 2 heterocycles. The monoisotopic (exact) mass is 337 g/mol. The lowest BCUT2D eigenvalue weighted by molar-refractivity contribution is -0.139. The molecule has 2 aliphatic heterocycles. The van der Waals surface area contributed by atoms with Gasteiger partial charge in [-0.15, -0.1) is 0 Å². The topological polar surface area (TPSA) is 47.3 Å². The van der Waals surface area contributed by atoms with E-state index in [2.05, 4.69) is 15.9 Å². The van der Waals surface area contributed by atoms with Crippen LogP contribution in [0.2, 0.25) is 0 Å². The Kier molecular flexibility index (Phi) is 4.52. The van der Waals surface area contributed by atoms with E-state index in [4.69, 9.17) is 5.26 Å². The molecule has 4 rings (SSSR count). The molecule has 1 amide bonds. The molecular weight excluding hydrogens is 310 g/mol. The summed E-state index contributed by atoms with van der Waals surface area (Å²) in [7, 11) is 0. The molecule has 1 aliphatic carbocycles. The fourth-order valence-corrected chi connectivity index (χ4v) is 5.12. The molecule has 0 N–H and O–H groups in total. The van der Waals surface area contributed by atoms with Crippen molar-refractivity contribution in [3.8, 4) is 6.07 Å². The van der Waals surface area contributed by atoms with Crippen LogP contribution in [0.3, 0.4) is 0 Å². The lowest BCUT2D eigenvalue weighted by Gasteiger charge is -2.36. The van der Waals surface area contributed by atoms with Crippen LogP contribution in [0.25, 0.3) is 0 Å². The van der Waals surface area contributed by atoms with Crippen molar-refractivity contribution in [3.05, 3.63) is 35.4 Å². The Morgan fingerprint density at radius 3 is 2.52 bits per heavy atom. The van der Waals surface area contributed by atoms with Gasteiger partial charge in [0.1, 0.15) is 5.54 Å². The number of carbonyl (C=O) groups excluding carboxylic acids is 1. The van der Waals surface area contributed by atoms with Gasteiger partial charge in [-0.05, 0) is 56.3 Å². The minimum absolute atomic E-state index is 0.259. The van der Waals surface area contributed by atoms with E-state index in [-0.39, 0.29) is 5.54 Å². The molecule has 25 heavy (non-hydrogen) atoms. The van der Waals surface area contributed by atoms with Gasteiger partial charge in [0, 0.05) is 19.1 Å². The maximum atomic E-state index is 13.4. The quantitative estimate of drug-likeness (QED) is 0.848. The molecule has 0 radical (unpaired) electrons. The zero-order valence-corrected chi connectivity index (χ0v) is 14.9. The second-order valence-electron chi connectivity index (χ2n) is 7.91. The highest BCUT2D eigenvalue weighted by Gasteiger charge is 2.54. The van der Waals surface area contributed by atoms with Gasteiger partial charge in [-0.3, -0.25) is 9.69 Å². The van der Waals surface area contributed by atoms with E-state index < -0.39 is 0 Å². The van der Waals surface area contributed by atoms with Crippen molar-refractivity contribution in [2.75, 3.05) is 13.1 Å². The van der Waals surface area contributed by atoms with Crippen molar-refractivity contribution in [2.45, 2.75) is 69.5 Å². The third kappa shape index (κ3) is 2.95. The lowest BCUT2D eigenvalue weighted by atomic mass is 9.92. The summed E-state index contributed by atoms with van der Waals surface area (Å²) < 4.78 is 0. The molecule has 0 aromatic heterocycles. The Labute approximate surface area is 150 Å². The number of benzene rings is 1. The highest BCUT2D eigenvalue weighted by atomic mass is 16.2. The van der Waals surface area contributed by atoms with E-state index in [1.54, 1.807) is 0 Å². The molecule has 132 valence electrons. The summed E-state index contributed by atoms with van der Waals surface area (Å²) in [6.45, 7) is 2.76. The van der Waals surface area contributed by atoms with Crippen molar-refractivity contribution in [1.82, 2.24) is 9.80 Å². The number of hydrogen-bond acceptors (Lipinski definition) is 3. The van der Waals surface area contributed by atoms with Crippen LogP contribution in [0.1, 0.15) is 62.5 Å². The molecule has 1 unspecified atom stereocenters. The van der Waals surface area contributed by atoms with Crippen LogP contribution in [0, 0.1) is 11.3 Å². The molecule has 0 bridgehead atoms. The second-order valence-corrected chi connectivity index (χ2v) is 7.91. The largest absolute Gasteiger partial charge is 0.338 e. The summed E-state index contributed by atoms with van der Waals surface area (Å²) in [5.74, 6) is 0.394. The van der Waals surface area contributed by atoms with Gasteiger partial charge in [0.25, 0.3) is 0 Å². The molecule has 1 atom stereocenters. The average Bonchev–Trinajstić information content (AvgIpc) is 3.21. The molecule has 4 heteroatoms. The zero-order valence-electron chi connectivity index (χ0n) is 14.9. The van der Waals surface area contributed by atoms with E-state index in [9.17, 15) is 4.79 Å². The SMILES string of the molecule is N#Cc1ccc(CN2CCCC23CCN(C2CCCCC2)C3=O)cc1. The molecule has 1 saturated carbocycles. The Morgan fingerprint density at radius 2 is 1.80 bits per heavy atom. The van der Waals surface area contributed by atoms with Crippen LogP contribution in [-0.4, -0.2) is 40.4 Å². The van der Waals surface area contributed by atoms with Gasteiger partial charge in [0.2, 0.25) is 5.91 Å². The lowest BCUT2D eigenvalue weighted by Crippen LogP contribution is -2.51. The molecular formula is C21H27N3O. The maximum absolute atomic E-state index is 13.4. The first-order valence-electron chi connectivity index (χ1n) is 9.78. The van der Waals surface area contributed by atoms with E-state index in [1.807, 2.05) is 24.3 Å². The van der Waals surface area contributed by atoms with Crippen molar-refractivity contribution in [1.29, 1.82) is 5.26 Å². The van der Waals surface area contributed by atoms with Crippen LogP contribution in [-0.2, 0) is 11.3 Å². The van der Waals surface area contributed by atoms with Gasteiger partial charge in [0.05, 0.1) is 11.6 Å². The Balaban J connectivity index is 1.50. The van der Waals surface area contributed by atoms with Gasteiger partial charge in [-0.1, -0.05) is 31.4 Å². The third-order valence-corrected chi connectivity index (χ3v) is 6.52. The van der Waals surface area contributed by atoms with Gasteiger partial charge >= 0.3 is 0 Å². The van der Waals surface area contributed by atoms with Crippen molar-refractivity contribution in [3.63, 3.8) is 0 Å². The standard InChI is InChI=1S/C21H27N3O/c22-15-17-7-9-18(10-8-17)16-23-13-4-11-21(23)12-14-24(20(21)25)19-5-2-1-3-6-19/h7-10,19H,1-6,11-14,16H2. The van der Waals surface area contributed by atoms with Crippen LogP contribution < -0.4 is 0 Å². The normalized spacial score (nSPS) is 28.0. The van der Waals surface area contributed by atoms with E-state index in [0.29, 0.717) is 17.5 Å². The minimum atomic E-state index is -0.259. The Hall–Kier alpha value is -1.86. The molecule has 3 fully saturated rings. The first-order valence-corrected chi connectivity index (χ1v) is 9.78. The molecule has 3 aliphatic rings. The molecule has 1 aromatic rings. The fraction of sp³-hybridized carbons (Fsp3) is 0.619. The predicted molar refractivity (Wildman–Crippen MR) is 96.7 cm³/mol. The Bertz CT molecular complexity index is 671. The number of carbonyl (C=O) groups is 1. The molecule has 1 aromatic carbocycles. The van der Waals surface area contributed by atoms with Crippen molar-refractivity contribution < 1.29 is 4.79 Å². The second kappa shape index (κ2) is 6.80. The first kappa shape index (κ1) is 16.6. The molecule has 1 spiro atoms. The summed E-state index contributed by atoms with van der Waals surface area (Å²) in [4.78, 5) is 18.0. The van der Waals surface area contributed by atoms with Gasteiger partial charge in [-0.25, -0.2) is 0 Å². The summed E-state index contributed by atoms with van der Waals surface area (Å²) in [6, 6.07) is 10.5. The predicted octanol–water partition coefficient (Wildman–Crippen LogP) is 3.46. The highest BCUT2D eigenvalue weighted by molar-refractivity contribution is 5.89. The average molecular weight is 337 g/mol. The summed E-state index contributed by atoms with van der Waals surface area (Å²) in [5, 5.41) is 8.96. The number of amides is 1. The van der Waals surface area contributed by atoms with Gasteiger partial charge in [-0.2, -0.15) is 5.26 Å². The van der Waals surface area contributed by atoms with Crippen LogP contribution in [0.4, 0.5) is 0 Å². The first-order chi connectivity index (χ1) is 12.2. The van der Waals surface area contributed by atoms with Crippen LogP contribution in [0.5, 0.6) is 0 Å². The number of rotatable bonds is 3. The van der Waals surface area contributed by atoms with Crippen LogP contribution >= 0.6 is 0 Å². The third-order valence-electron chi connectivity index (χ3n) is 6.52. The van der Waals surface area contributed by atoms with Crippen LogP contribution in [0.15, 0.2) is 24.3 Å². The zero-order chi connectivity index (χ0) is 17.3. The number of likely N-dealkylation sites (tertiary alicyclic amines) is 2. The van der Waals surface area contributed by atoms with E-state index in [1.165, 1.54) is 37.7 Å². The summed E-state index contributed by atoms with van der Waals surface area (Å²) in [5.41, 5.74) is 1.63. The summed E-state index contributed by atoms with van der Waals surface area (Å²) >= 11 is 0. The number of nitriles is 1. The van der Waals surface area contributed by atoms with E-state index in [0.717, 1.165) is 38.9 Å². The van der Waals surface area contributed by atoms with Crippen molar-refractivity contribution in [2.24, 2.45) is 0 Å².